The van der Waals surface area contributed by atoms with Gasteiger partial charge in [0.2, 0.25) is 5.91 Å². The van der Waals surface area contributed by atoms with E-state index in [1.54, 1.807) is 18.2 Å². The molecule has 3 atom stereocenters. The summed E-state index contributed by atoms with van der Waals surface area (Å²) in [7, 11) is 0. The van der Waals surface area contributed by atoms with Crippen molar-refractivity contribution in [1.82, 2.24) is 10.6 Å². The lowest BCUT2D eigenvalue weighted by Gasteiger charge is -2.37. The van der Waals surface area contributed by atoms with Gasteiger partial charge in [0, 0.05) is 41.3 Å². The normalized spacial score (nSPS) is 25.0. The zero-order valence-electron chi connectivity index (χ0n) is 16.7. The lowest BCUT2D eigenvalue weighted by molar-refractivity contribution is -0.134. The van der Waals surface area contributed by atoms with Crippen LogP contribution in [0.3, 0.4) is 0 Å². The van der Waals surface area contributed by atoms with Gasteiger partial charge in [-0.05, 0) is 50.3 Å². The van der Waals surface area contributed by atoms with Gasteiger partial charge >= 0.3 is 0 Å². The number of halogens is 2. The van der Waals surface area contributed by atoms with Gasteiger partial charge in [0.15, 0.2) is 0 Å². The predicted molar refractivity (Wildman–Crippen MR) is 114 cm³/mol. The molecule has 0 spiro atoms. The van der Waals surface area contributed by atoms with Crippen LogP contribution in [0.15, 0.2) is 18.2 Å². The zero-order valence-corrected chi connectivity index (χ0v) is 18.3. The molecule has 2 aliphatic rings. The lowest BCUT2D eigenvalue weighted by atomic mass is 9.94. The summed E-state index contributed by atoms with van der Waals surface area (Å²) in [5, 5.41) is 16.4. The second-order valence-corrected chi connectivity index (χ2v) is 8.63. The first kappa shape index (κ1) is 23.3. The second kappa shape index (κ2) is 11.3. The SMILES string of the molecule is O=C(NCC[C@H]1CC[C@H](NC(=O)C2CCOCC2)[C@@H](CO)O1)c1cc(Cl)cc(Cl)c1. The Morgan fingerprint density at radius 2 is 1.77 bits per heavy atom. The minimum atomic E-state index is -0.449. The first-order valence-corrected chi connectivity index (χ1v) is 11.1. The van der Waals surface area contributed by atoms with Crippen molar-refractivity contribution in [3.63, 3.8) is 0 Å². The van der Waals surface area contributed by atoms with E-state index in [1.165, 1.54) is 0 Å². The number of aliphatic hydroxyl groups excluding tert-OH is 1. The molecule has 9 heteroatoms. The number of ether oxygens (including phenoxy) is 2. The van der Waals surface area contributed by atoms with Gasteiger partial charge in [-0.1, -0.05) is 23.2 Å². The van der Waals surface area contributed by atoms with Gasteiger partial charge in [0.05, 0.1) is 18.8 Å². The quantitative estimate of drug-likeness (QED) is 0.583. The number of benzene rings is 1. The van der Waals surface area contributed by atoms with Crippen molar-refractivity contribution in [1.29, 1.82) is 0 Å². The molecule has 30 heavy (non-hydrogen) atoms. The predicted octanol–water partition coefficient (Wildman–Crippen LogP) is 2.56. The van der Waals surface area contributed by atoms with E-state index >= 15 is 0 Å². The fourth-order valence-electron chi connectivity index (χ4n) is 3.90. The Morgan fingerprint density at radius 1 is 1.07 bits per heavy atom. The molecule has 2 heterocycles. The zero-order chi connectivity index (χ0) is 21.5. The van der Waals surface area contributed by atoms with Crippen LogP contribution >= 0.6 is 23.2 Å². The topological polar surface area (TPSA) is 96.9 Å². The van der Waals surface area contributed by atoms with Gasteiger partial charge in [-0.2, -0.15) is 0 Å². The summed E-state index contributed by atoms with van der Waals surface area (Å²) >= 11 is 11.9. The van der Waals surface area contributed by atoms with Crippen LogP contribution in [0.4, 0.5) is 0 Å². The van der Waals surface area contributed by atoms with Crippen molar-refractivity contribution in [3.05, 3.63) is 33.8 Å². The number of hydrogen-bond donors (Lipinski definition) is 3. The highest BCUT2D eigenvalue weighted by atomic mass is 35.5. The maximum Gasteiger partial charge on any atom is 0.251 e. The first-order chi connectivity index (χ1) is 14.5. The van der Waals surface area contributed by atoms with E-state index in [1.807, 2.05) is 0 Å². The van der Waals surface area contributed by atoms with E-state index < -0.39 is 6.10 Å². The average molecular weight is 459 g/mol. The lowest BCUT2D eigenvalue weighted by Crippen LogP contribution is -2.52. The van der Waals surface area contributed by atoms with Crippen LogP contribution in [0.1, 0.15) is 42.5 Å². The molecular weight excluding hydrogens is 431 g/mol. The van der Waals surface area contributed by atoms with Gasteiger partial charge in [0.1, 0.15) is 6.10 Å². The molecular formula is C21H28Cl2N2O5. The van der Waals surface area contributed by atoms with Crippen LogP contribution < -0.4 is 10.6 Å². The summed E-state index contributed by atoms with van der Waals surface area (Å²) in [6.07, 6.45) is 2.98. The van der Waals surface area contributed by atoms with Crippen molar-refractivity contribution < 1.29 is 24.2 Å². The maximum atomic E-state index is 12.5. The molecule has 0 aromatic heterocycles. The van der Waals surface area contributed by atoms with Crippen molar-refractivity contribution >= 4 is 35.0 Å². The van der Waals surface area contributed by atoms with Crippen LogP contribution in [-0.4, -0.2) is 61.5 Å². The fourth-order valence-corrected chi connectivity index (χ4v) is 4.43. The maximum absolute atomic E-state index is 12.5. The summed E-state index contributed by atoms with van der Waals surface area (Å²) in [6, 6.07) is 4.49. The fraction of sp³-hybridized carbons (Fsp3) is 0.619. The van der Waals surface area contributed by atoms with Crippen molar-refractivity contribution in [3.8, 4) is 0 Å². The highest BCUT2D eigenvalue weighted by Crippen LogP contribution is 2.23. The van der Waals surface area contributed by atoms with Crippen LogP contribution in [-0.2, 0) is 14.3 Å². The third kappa shape index (κ3) is 6.56. The first-order valence-electron chi connectivity index (χ1n) is 10.3. The number of hydrogen-bond acceptors (Lipinski definition) is 5. The number of amides is 2. The van der Waals surface area contributed by atoms with Crippen LogP contribution in [0.5, 0.6) is 0 Å². The number of aliphatic hydroxyl groups is 1. The van der Waals surface area contributed by atoms with Gasteiger partial charge in [-0.25, -0.2) is 0 Å². The third-order valence-electron chi connectivity index (χ3n) is 5.59. The van der Waals surface area contributed by atoms with Crippen LogP contribution in [0.2, 0.25) is 10.0 Å². The van der Waals surface area contributed by atoms with Crippen LogP contribution in [0, 0.1) is 5.92 Å². The molecule has 166 valence electrons. The van der Waals surface area contributed by atoms with Gasteiger partial charge in [-0.3, -0.25) is 9.59 Å². The molecule has 0 radical (unpaired) electrons. The Kier molecular flexibility index (Phi) is 8.77. The summed E-state index contributed by atoms with van der Waals surface area (Å²) in [5.41, 5.74) is 0.404. The highest BCUT2D eigenvalue weighted by Gasteiger charge is 2.33. The third-order valence-corrected chi connectivity index (χ3v) is 6.03. The van der Waals surface area contributed by atoms with Crippen LogP contribution in [0.25, 0.3) is 0 Å². The number of carbonyl (C=O) groups is 2. The van der Waals surface area contributed by atoms with Crippen molar-refractivity contribution in [2.75, 3.05) is 26.4 Å². The monoisotopic (exact) mass is 458 g/mol. The molecule has 2 amide bonds. The van der Waals surface area contributed by atoms with E-state index in [0.29, 0.717) is 41.8 Å². The molecule has 0 unspecified atom stereocenters. The van der Waals surface area contributed by atoms with E-state index in [-0.39, 0.29) is 36.5 Å². The van der Waals surface area contributed by atoms with E-state index in [2.05, 4.69) is 10.6 Å². The Bertz CT molecular complexity index is 722. The molecule has 2 fully saturated rings. The molecule has 3 N–H and O–H groups in total. The number of nitrogens with one attached hydrogen (secondary N) is 2. The molecule has 0 bridgehead atoms. The Balaban J connectivity index is 1.43. The van der Waals surface area contributed by atoms with Gasteiger partial charge in [0.25, 0.3) is 5.91 Å². The summed E-state index contributed by atoms with van der Waals surface area (Å²) in [4.78, 5) is 24.7. The molecule has 3 rings (SSSR count). The molecule has 7 nitrogen and oxygen atoms in total. The van der Waals surface area contributed by atoms with E-state index in [4.69, 9.17) is 32.7 Å². The largest absolute Gasteiger partial charge is 0.394 e. The molecule has 1 aromatic carbocycles. The molecule has 0 aliphatic carbocycles. The van der Waals surface area contributed by atoms with Crippen molar-refractivity contribution in [2.24, 2.45) is 5.92 Å². The van der Waals surface area contributed by atoms with Gasteiger partial charge < -0.3 is 25.2 Å². The van der Waals surface area contributed by atoms with Crippen molar-refractivity contribution in [2.45, 2.75) is 50.4 Å². The number of rotatable bonds is 7. The number of carbonyl (C=O) groups excluding carboxylic acids is 2. The highest BCUT2D eigenvalue weighted by molar-refractivity contribution is 6.35. The summed E-state index contributed by atoms with van der Waals surface area (Å²) in [6.45, 7) is 1.48. The Hall–Kier alpha value is -1.38. The summed E-state index contributed by atoms with van der Waals surface area (Å²) in [5.74, 6) is -0.280. The molecule has 2 aliphatic heterocycles. The average Bonchev–Trinajstić information content (AvgIpc) is 2.74. The smallest absolute Gasteiger partial charge is 0.251 e. The minimum absolute atomic E-state index is 0.0104. The van der Waals surface area contributed by atoms with Gasteiger partial charge in [-0.15, -0.1) is 0 Å². The summed E-state index contributed by atoms with van der Waals surface area (Å²) < 4.78 is 11.3. The minimum Gasteiger partial charge on any atom is -0.394 e. The molecule has 0 saturated carbocycles. The molecule has 2 saturated heterocycles. The molecule has 1 aromatic rings. The Morgan fingerprint density at radius 3 is 2.43 bits per heavy atom. The van der Waals surface area contributed by atoms with E-state index in [9.17, 15) is 14.7 Å². The second-order valence-electron chi connectivity index (χ2n) is 7.76. The van der Waals surface area contributed by atoms with E-state index in [0.717, 1.165) is 25.7 Å². The standard InChI is InChI=1S/C21H28Cl2N2O5/c22-15-9-14(10-16(23)11-15)20(27)24-6-3-17-1-2-18(19(12-26)30-17)25-21(28)13-4-7-29-8-5-13/h9-11,13,17-19,26H,1-8,12H2,(H,24,27)(H,25,28)/t17-,18+,19-/m1/s1. The Labute approximate surface area is 186 Å².